The Balaban J connectivity index is 2.37. The number of hydrogen-bond donors (Lipinski definition) is 3. The number of carbonyl (C=O) groups is 2. The monoisotopic (exact) mass is 227 g/mol. The topological polar surface area (TPSA) is 104 Å². The molecular formula is C9H13N3O4. The summed E-state index contributed by atoms with van der Waals surface area (Å²) in [7, 11) is 0. The molecule has 0 aliphatic carbocycles. The van der Waals surface area contributed by atoms with Crippen LogP contribution in [-0.4, -0.2) is 35.2 Å². The van der Waals surface area contributed by atoms with Crippen molar-refractivity contribution in [3.8, 4) is 0 Å². The summed E-state index contributed by atoms with van der Waals surface area (Å²) in [6, 6.07) is 1.50. The second-order valence-electron chi connectivity index (χ2n) is 3.11. The van der Waals surface area contributed by atoms with Crippen LogP contribution in [-0.2, 0) is 9.59 Å². The highest BCUT2D eigenvalue weighted by Crippen LogP contribution is 2.06. The van der Waals surface area contributed by atoms with E-state index in [4.69, 9.17) is 9.63 Å². The molecule has 1 rings (SSSR count). The van der Waals surface area contributed by atoms with Crippen LogP contribution in [0.2, 0.25) is 0 Å². The maximum atomic E-state index is 11.2. The van der Waals surface area contributed by atoms with Crippen LogP contribution in [0.3, 0.4) is 0 Å². The van der Waals surface area contributed by atoms with Crippen LogP contribution in [0.4, 0.5) is 5.82 Å². The van der Waals surface area contributed by atoms with Crippen LogP contribution in [0.5, 0.6) is 0 Å². The molecule has 0 aromatic carbocycles. The van der Waals surface area contributed by atoms with Gasteiger partial charge in [-0.25, -0.2) is 0 Å². The van der Waals surface area contributed by atoms with Gasteiger partial charge in [0.2, 0.25) is 0 Å². The van der Waals surface area contributed by atoms with E-state index >= 15 is 0 Å². The number of amides is 2. The average molecular weight is 227 g/mol. The number of carbonyl (C=O) groups excluding carboxylic acids is 2. The number of aliphatic hydroxyl groups is 1. The number of rotatable bonds is 4. The standard InChI is InChI=1S/C9H13N3O4/c1-6-5-7(12-16-6)11-9(15)8(14)10-3-2-4-13/h5,13H,2-4H2,1H3,(H,10,14)(H,11,12,15). The summed E-state index contributed by atoms with van der Waals surface area (Å²) in [5, 5.41) is 16.6. The lowest BCUT2D eigenvalue weighted by molar-refractivity contribution is -0.136. The first-order chi connectivity index (χ1) is 7.63. The first kappa shape index (κ1) is 12.2. The molecule has 0 radical (unpaired) electrons. The van der Waals surface area contributed by atoms with Crippen LogP contribution in [0.25, 0.3) is 0 Å². The highest BCUT2D eigenvalue weighted by Gasteiger charge is 2.14. The molecule has 1 aromatic rings. The number of aromatic nitrogens is 1. The Morgan fingerprint density at radius 3 is 2.81 bits per heavy atom. The zero-order valence-corrected chi connectivity index (χ0v) is 8.82. The van der Waals surface area contributed by atoms with Crippen molar-refractivity contribution in [3.63, 3.8) is 0 Å². The van der Waals surface area contributed by atoms with Crippen molar-refractivity contribution in [1.82, 2.24) is 10.5 Å². The fourth-order valence-corrected chi connectivity index (χ4v) is 0.960. The van der Waals surface area contributed by atoms with E-state index in [0.717, 1.165) is 0 Å². The summed E-state index contributed by atoms with van der Waals surface area (Å²) in [5.74, 6) is -0.851. The molecule has 0 bridgehead atoms. The molecule has 7 nitrogen and oxygen atoms in total. The lowest BCUT2D eigenvalue weighted by atomic mass is 10.4. The van der Waals surface area contributed by atoms with Gasteiger partial charge in [-0.2, -0.15) is 0 Å². The molecule has 7 heteroatoms. The molecule has 3 N–H and O–H groups in total. The van der Waals surface area contributed by atoms with Gasteiger partial charge in [-0.1, -0.05) is 5.16 Å². The summed E-state index contributed by atoms with van der Waals surface area (Å²) < 4.78 is 4.71. The molecule has 88 valence electrons. The summed E-state index contributed by atoms with van der Waals surface area (Å²) in [6.07, 6.45) is 0.405. The highest BCUT2D eigenvalue weighted by molar-refractivity contribution is 6.39. The lowest BCUT2D eigenvalue weighted by Gasteiger charge is -2.02. The van der Waals surface area contributed by atoms with Crippen molar-refractivity contribution in [3.05, 3.63) is 11.8 Å². The van der Waals surface area contributed by atoms with Crippen molar-refractivity contribution in [2.75, 3.05) is 18.5 Å². The smallest absolute Gasteiger partial charge is 0.314 e. The lowest BCUT2D eigenvalue weighted by Crippen LogP contribution is -2.36. The normalized spacial score (nSPS) is 9.88. The zero-order chi connectivity index (χ0) is 12.0. The minimum absolute atomic E-state index is 0.0373. The first-order valence-electron chi connectivity index (χ1n) is 4.77. The number of anilines is 1. The van der Waals surface area contributed by atoms with E-state index < -0.39 is 11.8 Å². The molecule has 0 saturated heterocycles. The third-order valence-corrected chi connectivity index (χ3v) is 1.70. The minimum atomic E-state index is -0.814. The Morgan fingerprint density at radius 2 is 2.25 bits per heavy atom. The Bertz CT molecular complexity index is 375. The van der Waals surface area contributed by atoms with E-state index in [1.54, 1.807) is 6.92 Å². The van der Waals surface area contributed by atoms with Gasteiger partial charge < -0.3 is 14.9 Å². The van der Waals surface area contributed by atoms with E-state index in [1.165, 1.54) is 6.07 Å². The maximum Gasteiger partial charge on any atom is 0.314 e. The number of hydrogen-bond acceptors (Lipinski definition) is 5. The first-order valence-corrected chi connectivity index (χ1v) is 4.77. The third-order valence-electron chi connectivity index (χ3n) is 1.70. The van der Waals surface area contributed by atoms with Crippen LogP contribution in [0.15, 0.2) is 10.6 Å². The molecule has 16 heavy (non-hydrogen) atoms. The average Bonchev–Trinajstić information content (AvgIpc) is 2.64. The van der Waals surface area contributed by atoms with Gasteiger partial charge in [0, 0.05) is 19.2 Å². The van der Waals surface area contributed by atoms with E-state index in [9.17, 15) is 9.59 Å². The SMILES string of the molecule is Cc1cc(NC(=O)C(=O)NCCCO)no1. The second-order valence-corrected chi connectivity index (χ2v) is 3.11. The number of aliphatic hydroxyl groups excluding tert-OH is 1. The molecule has 0 aliphatic rings. The van der Waals surface area contributed by atoms with Gasteiger partial charge >= 0.3 is 11.8 Å². The molecular weight excluding hydrogens is 214 g/mol. The fraction of sp³-hybridized carbons (Fsp3) is 0.444. The van der Waals surface area contributed by atoms with Crippen molar-refractivity contribution in [1.29, 1.82) is 0 Å². The number of nitrogens with zero attached hydrogens (tertiary/aromatic N) is 1. The highest BCUT2D eigenvalue weighted by atomic mass is 16.5. The van der Waals surface area contributed by atoms with Crippen LogP contribution in [0.1, 0.15) is 12.2 Å². The van der Waals surface area contributed by atoms with Crippen LogP contribution < -0.4 is 10.6 Å². The van der Waals surface area contributed by atoms with Crippen LogP contribution in [0, 0.1) is 6.92 Å². The van der Waals surface area contributed by atoms with Gasteiger partial charge in [0.05, 0.1) is 0 Å². The largest absolute Gasteiger partial charge is 0.396 e. The molecule has 2 amide bonds. The Labute approximate surface area is 91.8 Å². The van der Waals surface area contributed by atoms with Gasteiger partial charge in [0.1, 0.15) is 5.76 Å². The van der Waals surface area contributed by atoms with Crippen LogP contribution >= 0.6 is 0 Å². The van der Waals surface area contributed by atoms with Gasteiger partial charge in [0.25, 0.3) is 0 Å². The van der Waals surface area contributed by atoms with Crippen molar-refractivity contribution < 1.29 is 19.2 Å². The second kappa shape index (κ2) is 5.86. The van der Waals surface area contributed by atoms with Gasteiger partial charge in [-0.3, -0.25) is 14.9 Å². The molecule has 0 unspecified atom stereocenters. The molecule has 1 aromatic heterocycles. The molecule has 0 spiro atoms. The third kappa shape index (κ3) is 3.70. The quantitative estimate of drug-likeness (QED) is 0.471. The Kier molecular flexibility index (Phi) is 4.46. The van der Waals surface area contributed by atoms with Crippen molar-refractivity contribution in [2.24, 2.45) is 0 Å². The fourth-order valence-electron chi connectivity index (χ4n) is 0.960. The van der Waals surface area contributed by atoms with E-state index in [2.05, 4.69) is 15.8 Å². The summed E-state index contributed by atoms with van der Waals surface area (Å²) >= 11 is 0. The van der Waals surface area contributed by atoms with Crippen molar-refractivity contribution >= 4 is 17.6 Å². The molecule has 0 fully saturated rings. The van der Waals surface area contributed by atoms with Crippen molar-refractivity contribution in [2.45, 2.75) is 13.3 Å². The van der Waals surface area contributed by atoms with E-state index in [1.807, 2.05) is 0 Å². The van der Waals surface area contributed by atoms with E-state index in [-0.39, 0.29) is 19.0 Å². The van der Waals surface area contributed by atoms with E-state index in [0.29, 0.717) is 12.2 Å². The summed E-state index contributed by atoms with van der Waals surface area (Å²) in [6.45, 7) is 1.88. The predicted octanol–water partition coefficient (Wildman–Crippen LogP) is -0.580. The summed E-state index contributed by atoms with van der Waals surface area (Å²) in [5.41, 5.74) is 0. The van der Waals surface area contributed by atoms with Gasteiger partial charge in [-0.15, -0.1) is 0 Å². The number of aryl methyl sites for hydroxylation is 1. The molecule has 0 saturated carbocycles. The Morgan fingerprint density at radius 1 is 1.50 bits per heavy atom. The number of nitrogens with one attached hydrogen (secondary N) is 2. The predicted molar refractivity (Wildman–Crippen MR) is 54.6 cm³/mol. The molecule has 0 atom stereocenters. The molecule has 1 heterocycles. The van der Waals surface area contributed by atoms with Gasteiger partial charge in [0.15, 0.2) is 5.82 Å². The summed E-state index contributed by atoms with van der Waals surface area (Å²) in [4.78, 5) is 22.4. The minimum Gasteiger partial charge on any atom is -0.396 e. The zero-order valence-electron chi connectivity index (χ0n) is 8.82. The Hall–Kier alpha value is -1.89. The molecule has 0 aliphatic heterocycles. The maximum absolute atomic E-state index is 11.2. The van der Waals surface area contributed by atoms with Gasteiger partial charge in [-0.05, 0) is 13.3 Å².